The fourth-order valence-corrected chi connectivity index (χ4v) is 1.81. The number of nitrogens with zero attached hydrogens (tertiary/aromatic N) is 1. The Morgan fingerprint density at radius 1 is 1.18 bits per heavy atom. The standard InChI is InChI=1S/C17H16N2O3/c1-21-9-10-22-16-7-5-15(6-8-16)19-17(20)14-4-2-3-13(11-14)12-18/h2-8,11H,9-10H2,1H3,(H,19,20). The molecule has 0 radical (unpaired) electrons. The summed E-state index contributed by atoms with van der Waals surface area (Å²) in [4.78, 5) is 12.1. The number of carbonyl (C=O) groups excluding carboxylic acids is 1. The number of methoxy groups -OCH3 is 1. The Morgan fingerprint density at radius 2 is 1.95 bits per heavy atom. The SMILES string of the molecule is COCCOc1ccc(NC(=O)c2cccc(C#N)c2)cc1. The van der Waals surface area contributed by atoms with Crippen molar-refractivity contribution in [3.8, 4) is 11.8 Å². The van der Waals surface area contributed by atoms with Gasteiger partial charge in [0, 0.05) is 18.4 Å². The van der Waals surface area contributed by atoms with E-state index in [1.165, 1.54) is 0 Å². The van der Waals surface area contributed by atoms with Gasteiger partial charge in [0.05, 0.1) is 18.2 Å². The van der Waals surface area contributed by atoms with Crippen LogP contribution in [0.4, 0.5) is 5.69 Å². The largest absolute Gasteiger partial charge is 0.491 e. The summed E-state index contributed by atoms with van der Waals surface area (Å²) >= 11 is 0. The lowest BCUT2D eigenvalue weighted by Crippen LogP contribution is -2.12. The highest BCUT2D eigenvalue weighted by Gasteiger charge is 2.07. The minimum atomic E-state index is -0.259. The van der Waals surface area contributed by atoms with E-state index in [4.69, 9.17) is 14.7 Å². The Morgan fingerprint density at radius 3 is 2.64 bits per heavy atom. The molecule has 0 spiro atoms. The molecule has 1 amide bonds. The number of anilines is 1. The van der Waals surface area contributed by atoms with Crippen molar-refractivity contribution >= 4 is 11.6 Å². The van der Waals surface area contributed by atoms with Gasteiger partial charge in [0.1, 0.15) is 12.4 Å². The van der Waals surface area contributed by atoms with Crippen LogP contribution >= 0.6 is 0 Å². The van der Waals surface area contributed by atoms with Gasteiger partial charge >= 0.3 is 0 Å². The molecule has 1 N–H and O–H groups in total. The van der Waals surface area contributed by atoms with Crippen LogP contribution in [0.15, 0.2) is 48.5 Å². The maximum atomic E-state index is 12.1. The van der Waals surface area contributed by atoms with Gasteiger partial charge in [-0.2, -0.15) is 5.26 Å². The van der Waals surface area contributed by atoms with E-state index >= 15 is 0 Å². The van der Waals surface area contributed by atoms with Crippen molar-refractivity contribution in [3.63, 3.8) is 0 Å². The zero-order valence-corrected chi connectivity index (χ0v) is 12.2. The lowest BCUT2D eigenvalue weighted by molar-refractivity contribution is 0.102. The lowest BCUT2D eigenvalue weighted by Gasteiger charge is -2.08. The van der Waals surface area contributed by atoms with Gasteiger partial charge in [-0.3, -0.25) is 4.79 Å². The van der Waals surface area contributed by atoms with Crippen molar-refractivity contribution in [2.45, 2.75) is 0 Å². The van der Waals surface area contributed by atoms with Crippen LogP contribution in [0, 0.1) is 11.3 Å². The Labute approximate surface area is 129 Å². The number of nitrogens with one attached hydrogen (secondary N) is 1. The van der Waals surface area contributed by atoms with E-state index in [9.17, 15) is 4.79 Å². The van der Waals surface area contributed by atoms with E-state index < -0.39 is 0 Å². The highest BCUT2D eigenvalue weighted by atomic mass is 16.5. The molecule has 0 saturated carbocycles. The Bertz CT molecular complexity index is 675. The number of carbonyl (C=O) groups is 1. The van der Waals surface area contributed by atoms with E-state index in [2.05, 4.69) is 5.32 Å². The zero-order chi connectivity index (χ0) is 15.8. The molecule has 0 fully saturated rings. The first-order valence-electron chi connectivity index (χ1n) is 6.76. The Hall–Kier alpha value is -2.84. The summed E-state index contributed by atoms with van der Waals surface area (Å²) in [6.07, 6.45) is 0. The number of hydrogen-bond acceptors (Lipinski definition) is 4. The molecule has 0 unspecified atom stereocenters. The van der Waals surface area contributed by atoms with Crippen LogP contribution in [0.1, 0.15) is 15.9 Å². The summed E-state index contributed by atoms with van der Waals surface area (Å²) in [7, 11) is 1.61. The number of amides is 1. The first-order chi connectivity index (χ1) is 10.7. The summed E-state index contributed by atoms with van der Waals surface area (Å²) in [5, 5.41) is 11.6. The topological polar surface area (TPSA) is 71.3 Å². The fourth-order valence-electron chi connectivity index (χ4n) is 1.81. The van der Waals surface area contributed by atoms with E-state index in [1.807, 2.05) is 6.07 Å². The third-order valence-corrected chi connectivity index (χ3v) is 2.92. The summed E-state index contributed by atoms with van der Waals surface area (Å²) in [6.45, 7) is 0.997. The number of benzene rings is 2. The van der Waals surface area contributed by atoms with Crippen LogP contribution in [-0.2, 0) is 4.74 Å². The van der Waals surface area contributed by atoms with Crippen LogP contribution in [0.5, 0.6) is 5.75 Å². The second kappa shape index (κ2) is 7.81. The highest BCUT2D eigenvalue weighted by molar-refractivity contribution is 6.04. The second-order valence-electron chi connectivity index (χ2n) is 4.51. The van der Waals surface area contributed by atoms with Crippen molar-refractivity contribution in [2.75, 3.05) is 25.6 Å². The average molecular weight is 296 g/mol. The highest BCUT2D eigenvalue weighted by Crippen LogP contribution is 2.16. The number of rotatable bonds is 6. The van der Waals surface area contributed by atoms with E-state index in [1.54, 1.807) is 55.6 Å². The molecule has 5 nitrogen and oxygen atoms in total. The van der Waals surface area contributed by atoms with Crippen molar-refractivity contribution in [3.05, 3.63) is 59.7 Å². The van der Waals surface area contributed by atoms with E-state index in [0.717, 1.165) is 0 Å². The van der Waals surface area contributed by atoms with Crippen LogP contribution < -0.4 is 10.1 Å². The average Bonchev–Trinajstić information content (AvgIpc) is 2.56. The zero-order valence-electron chi connectivity index (χ0n) is 12.2. The van der Waals surface area contributed by atoms with Gasteiger partial charge in [0.25, 0.3) is 5.91 Å². The van der Waals surface area contributed by atoms with E-state index in [-0.39, 0.29) is 5.91 Å². The number of nitriles is 1. The van der Waals surface area contributed by atoms with Crippen molar-refractivity contribution in [1.82, 2.24) is 0 Å². The molecule has 2 aromatic carbocycles. The molecule has 0 aromatic heterocycles. The van der Waals surface area contributed by atoms with Crippen LogP contribution in [0.25, 0.3) is 0 Å². The van der Waals surface area contributed by atoms with Crippen LogP contribution in [0.2, 0.25) is 0 Å². The molecule has 0 aliphatic rings. The fraction of sp³-hybridized carbons (Fsp3) is 0.176. The van der Waals surface area contributed by atoms with Gasteiger partial charge in [0.15, 0.2) is 0 Å². The molecular formula is C17H16N2O3. The second-order valence-corrected chi connectivity index (χ2v) is 4.51. The first-order valence-corrected chi connectivity index (χ1v) is 6.76. The smallest absolute Gasteiger partial charge is 0.255 e. The molecule has 2 aromatic rings. The Kier molecular flexibility index (Phi) is 5.52. The molecule has 0 aliphatic carbocycles. The molecule has 22 heavy (non-hydrogen) atoms. The van der Waals surface area contributed by atoms with Crippen LogP contribution in [0.3, 0.4) is 0 Å². The summed E-state index contributed by atoms with van der Waals surface area (Å²) in [5.41, 5.74) is 1.56. The van der Waals surface area contributed by atoms with Gasteiger partial charge in [0.2, 0.25) is 0 Å². The lowest BCUT2D eigenvalue weighted by atomic mass is 10.1. The predicted octanol–water partition coefficient (Wildman–Crippen LogP) is 2.84. The first kappa shape index (κ1) is 15.5. The monoisotopic (exact) mass is 296 g/mol. The van der Waals surface area contributed by atoms with Crippen LogP contribution in [-0.4, -0.2) is 26.2 Å². The minimum absolute atomic E-state index is 0.259. The normalized spacial score (nSPS) is 9.82. The van der Waals surface area contributed by atoms with Gasteiger partial charge < -0.3 is 14.8 Å². The number of hydrogen-bond donors (Lipinski definition) is 1. The van der Waals surface area contributed by atoms with Gasteiger partial charge in [-0.25, -0.2) is 0 Å². The van der Waals surface area contributed by atoms with Gasteiger partial charge in [-0.15, -0.1) is 0 Å². The molecule has 0 saturated heterocycles. The van der Waals surface area contributed by atoms with Crippen molar-refractivity contribution in [1.29, 1.82) is 5.26 Å². The van der Waals surface area contributed by atoms with Crippen molar-refractivity contribution < 1.29 is 14.3 Å². The molecule has 0 bridgehead atoms. The summed E-state index contributed by atoms with van der Waals surface area (Å²) in [6, 6.07) is 15.6. The third-order valence-electron chi connectivity index (χ3n) is 2.92. The Balaban J connectivity index is 1.98. The van der Waals surface area contributed by atoms with Crippen molar-refractivity contribution in [2.24, 2.45) is 0 Å². The molecular weight excluding hydrogens is 280 g/mol. The molecule has 112 valence electrons. The summed E-state index contributed by atoms with van der Waals surface area (Å²) in [5.74, 6) is 0.451. The quantitative estimate of drug-likeness (QED) is 0.832. The molecule has 0 heterocycles. The molecule has 0 atom stereocenters. The molecule has 0 aliphatic heterocycles. The maximum absolute atomic E-state index is 12.1. The minimum Gasteiger partial charge on any atom is -0.491 e. The summed E-state index contributed by atoms with van der Waals surface area (Å²) < 4.78 is 10.4. The molecule has 5 heteroatoms. The number of ether oxygens (including phenoxy) is 2. The predicted molar refractivity (Wildman–Crippen MR) is 82.9 cm³/mol. The third kappa shape index (κ3) is 4.33. The van der Waals surface area contributed by atoms with Gasteiger partial charge in [-0.1, -0.05) is 6.07 Å². The van der Waals surface area contributed by atoms with Gasteiger partial charge in [-0.05, 0) is 42.5 Å². The maximum Gasteiger partial charge on any atom is 0.255 e. The van der Waals surface area contributed by atoms with E-state index in [0.29, 0.717) is 35.8 Å². The molecule has 2 rings (SSSR count).